The Labute approximate surface area is 204 Å². The molecule has 1 aliphatic rings. The number of anilines is 1. The van der Waals surface area contributed by atoms with E-state index in [-0.39, 0.29) is 51.2 Å². The Hall–Kier alpha value is -3.12. The summed E-state index contributed by atoms with van der Waals surface area (Å²) in [4.78, 5) is 53.8. The highest BCUT2D eigenvalue weighted by Gasteiger charge is 2.32. The molecular weight excluding hydrogens is 482 g/mol. The zero-order chi connectivity index (χ0) is 24.7. The van der Waals surface area contributed by atoms with Crippen LogP contribution in [0.3, 0.4) is 0 Å². The second-order valence-electron chi connectivity index (χ2n) is 7.44. The van der Waals surface area contributed by atoms with E-state index in [1.807, 2.05) is 0 Å². The normalized spacial score (nSPS) is 14.2. The predicted octanol–water partition coefficient (Wildman–Crippen LogP) is 5.34. The fourth-order valence-corrected chi connectivity index (χ4v) is 5.32. The van der Waals surface area contributed by atoms with Crippen LogP contribution >= 0.6 is 22.7 Å². The van der Waals surface area contributed by atoms with Crippen molar-refractivity contribution in [2.24, 2.45) is 10.9 Å². The summed E-state index contributed by atoms with van der Waals surface area (Å²) in [6.07, 6.45) is 5.91. The Morgan fingerprint density at radius 1 is 1.09 bits per heavy atom. The smallest absolute Gasteiger partial charge is 0.342 e. The number of carbonyl (C=O) groups is 3. The lowest BCUT2D eigenvalue weighted by atomic mass is 9.89. The minimum Gasteiger partial charge on any atom is -0.462 e. The molecule has 1 aliphatic carbocycles. The van der Waals surface area contributed by atoms with Crippen LogP contribution in [-0.4, -0.2) is 42.2 Å². The molecule has 10 nitrogen and oxygen atoms in total. The fourth-order valence-electron chi connectivity index (χ4n) is 3.60. The van der Waals surface area contributed by atoms with Gasteiger partial charge in [0.05, 0.1) is 23.0 Å². The molecule has 0 aromatic carbocycles. The van der Waals surface area contributed by atoms with Gasteiger partial charge in [-0.15, -0.1) is 0 Å². The van der Waals surface area contributed by atoms with Gasteiger partial charge in [-0.2, -0.15) is 0 Å². The molecule has 0 atom stereocenters. The van der Waals surface area contributed by atoms with Crippen molar-refractivity contribution in [1.82, 2.24) is 0 Å². The number of ether oxygens (including phenoxy) is 2. The third-order valence-corrected chi connectivity index (χ3v) is 7.15. The van der Waals surface area contributed by atoms with Crippen molar-refractivity contribution in [3.8, 4) is 0 Å². The van der Waals surface area contributed by atoms with Crippen LogP contribution in [0.2, 0.25) is 0 Å². The maximum atomic E-state index is 12.9. The van der Waals surface area contributed by atoms with Crippen molar-refractivity contribution in [2.45, 2.75) is 46.0 Å². The van der Waals surface area contributed by atoms with Crippen LogP contribution in [0.5, 0.6) is 0 Å². The molecule has 2 heterocycles. The largest absolute Gasteiger partial charge is 0.462 e. The molecule has 0 saturated heterocycles. The first kappa shape index (κ1) is 25.5. The number of rotatable bonds is 9. The number of hydrogen-bond donors (Lipinski definition) is 1. The Morgan fingerprint density at radius 3 is 2.32 bits per heavy atom. The monoisotopic (exact) mass is 507 g/mol. The van der Waals surface area contributed by atoms with Gasteiger partial charge in [0.25, 0.3) is 0 Å². The molecule has 0 bridgehead atoms. The molecule has 0 spiro atoms. The van der Waals surface area contributed by atoms with Crippen LogP contribution in [0, 0.1) is 16.0 Å². The third kappa shape index (κ3) is 6.06. The molecule has 0 unspecified atom stereocenters. The van der Waals surface area contributed by atoms with Gasteiger partial charge >= 0.3 is 16.9 Å². The Bertz CT molecular complexity index is 1100. The Kier molecular flexibility index (Phi) is 8.88. The van der Waals surface area contributed by atoms with Crippen LogP contribution in [0.25, 0.3) is 0 Å². The van der Waals surface area contributed by atoms with Crippen molar-refractivity contribution in [3.63, 3.8) is 0 Å². The number of nitro groups is 1. The molecule has 182 valence electrons. The van der Waals surface area contributed by atoms with Crippen molar-refractivity contribution in [3.05, 3.63) is 38.3 Å². The molecule has 1 saturated carbocycles. The molecule has 0 aliphatic heterocycles. The number of nitrogens with zero attached hydrogens (tertiary/aromatic N) is 2. The summed E-state index contributed by atoms with van der Waals surface area (Å²) >= 11 is 1.88. The quantitative estimate of drug-likeness (QED) is 0.209. The molecular formula is C22H25N3O7S2. The molecule has 2 aromatic heterocycles. The summed E-state index contributed by atoms with van der Waals surface area (Å²) in [5.41, 5.74) is -0.203. The summed E-state index contributed by atoms with van der Waals surface area (Å²) in [5, 5.41) is 14.0. The number of hydrogen-bond acceptors (Lipinski definition) is 10. The molecule has 1 N–H and O–H groups in total. The van der Waals surface area contributed by atoms with Crippen molar-refractivity contribution >= 4 is 61.7 Å². The molecule has 34 heavy (non-hydrogen) atoms. The van der Waals surface area contributed by atoms with Gasteiger partial charge in [0.2, 0.25) is 5.91 Å². The third-order valence-electron chi connectivity index (χ3n) is 5.16. The number of carbonyl (C=O) groups excluding carboxylic acids is 3. The molecule has 0 radical (unpaired) electrons. The average Bonchev–Trinajstić information content (AvgIpc) is 3.43. The van der Waals surface area contributed by atoms with Gasteiger partial charge in [-0.3, -0.25) is 14.9 Å². The predicted molar refractivity (Wildman–Crippen MR) is 130 cm³/mol. The number of thiophene rings is 2. The van der Waals surface area contributed by atoms with E-state index < -0.39 is 16.9 Å². The summed E-state index contributed by atoms with van der Waals surface area (Å²) < 4.78 is 10.3. The highest BCUT2D eigenvalue weighted by Crippen LogP contribution is 2.41. The second kappa shape index (κ2) is 11.8. The van der Waals surface area contributed by atoms with Gasteiger partial charge < -0.3 is 14.8 Å². The van der Waals surface area contributed by atoms with E-state index in [1.165, 1.54) is 18.3 Å². The van der Waals surface area contributed by atoms with Crippen LogP contribution in [0.15, 0.2) is 17.1 Å². The van der Waals surface area contributed by atoms with Crippen molar-refractivity contribution in [2.75, 3.05) is 18.5 Å². The molecule has 1 fully saturated rings. The van der Waals surface area contributed by atoms with E-state index in [9.17, 15) is 24.5 Å². The highest BCUT2D eigenvalue weighted by atomic mass is 32.1. The van der Waals surface area contributed by atoms with E-state index in [4.69, 9.17) is 9.47 Å². The van der Waals surface area contributed by atoms with Gasteiger partial charge in [-0.25, -0.2) is 14.6 Å². The summed E-state index contributed by atoms with van der Waals surface area (Å²) in [6, 6.07) is 2.88. The van der Waals surface area contributed by atoms with Crippen molar-refractivity contribution in [1.29, 1.82) is 0 Å². The first-order valence-corrected chi connectivity index (χ1v) is 12.6. The summed E-state index contributed by atoms with van der Waals surface area (Å²) in [5.74, 6) is -1.93. The van der Waals surface area contributed by atoms with E-state index in [1.54, 1.807) is 13.8 Å². The standard InChI is InChI=1S/C22H25N3O7S2/c1-3-31-21(27)16-17(22(28)32-4-2)20(24-18(26)13-8-6-5-7-9-13)34-19(16)23-12-14-10-11-15(33-14)25(29)30/h10-13H,3-9H2,1-2H3,(H,24,26). The number of aliphatic imine (C=N–C) groups is 1. The minimum atomic E-state index is -0.774. The molecule has 12 heteroatoms. The van der Waals surface area contributed by atoms with Crippen LogP contribution < -0.4 is 5.32 Å². The topological polar surface area (TPSA) is 137 Å². The van der Waals surface area contributed by atoms with Gasteiger partial charge in [-0.1, -0.05) is 41.9 Å². The van der Waals surface area contributed by atoms with Crippen LogP contribution in [0.1, 0.15) is 71.5 Å². The highest BCUT2D eigenvalue weighted by molar-refractivity contribution is 7.21. The molecule has 2 aromatic rings. The van der Waals surface area contributed by atoms with E-state index in [0.29, 0.717) is 4.88 Å². The maximum absolute atomic E-state index is 12.9. The lowest BCUT2D eigenvalue weighted by molar-refractivity contribution is -0.380. The molecule has 1 amide bonds. The lowest BCUT2D eigenvalue weighted by Gasteiger charge is -2.20. The maximum Gasteiger partial charge on any atom is 0.342 e. The Morgan fingerprint density at radius 2 is 1.74 bits per heavy atom. The van der Waals surface area contributed by atoms with Gasteiger partial charge in [-0.05, 0) is 32.8 Å². The van der Waals surface area contributed by atoms with Gasteiger partial charge in [0, 0.05) is 18.2 Å². The molecule has 3 rings (SSSR count). The van der Waals surface area contributed by atoms with Gasteiger partial charge in [0.1, 0.15) is 21.1 Å². The zero-order valence-electron chi connectivity index (χ0n) is 18.8. The van der Waals surface area contributed by atoms with Gasteiger partial charge in [0.15, 0.2) is 0 Å². The SMILES string of the molecule is CCOC(=O)c1c(N=Cc2ccc([N+](=O)[O-])s2)sc(NC(=O)C2CCCCC2)c1C(=O)OCC. The first-order chi connectivity index (χ1) is 16.3. The zero-order valence-corrected chi connectivity index (χ0v) is 20.5. The minimum absolute atomic E-state index is 0.0501. The van der Waals surface area contributed by atoms with Crippen molar-refractivity contribution < 1.29 is 28.8 Å². The summed E-state index contributed by atoms with van der Waals surface area (Å²) in [7, 11) is 0. The number of esters is 2. The van der Waals surface area contributed by atoms with Crippen LogP contribution in [0.4, 0.5) is 15.0 Å². The lowest BCUT2D eigenvalue weighted by Crippen LogP contribution is -2.25. The summed E-state index contributed by atoms with van der Waals surface area (Å²) in [6.45, 7) is 3.41. The number of nitrogens with one attached hydrogen (secondary N) is 1. The first-order valence-electron chi connectivity index (χ1n) is 11.0. The second-order valence-corrected chi connectivity index (χ2v) is 9.54. The number of amides is 1. The Balaban J connectivity index is 2.03. The van der Waals surface area contributed by atoms with Crippen LogP contribution in [-0.2, 0) is 14.3 Å². The average molecular weight is 508 g/mol. The van der Waals surface area contributed by atoms with E-state index in [2.05, 4.69) is 10.3 Å². The fraction of sp³-hybridized carbons (Fsp3) is 0.455. The van der Waals surface area contributed by atoms with E-state index >= 15 is 0 Å². The van der Waals surface area contributed by atoms with E-state index in [0.717, 1.165) is 54.8 Å².